The summed E-state index contributed by atoms with van der Waals surface area (Å²) in [5.74, 6) is 0. The van der Waals surface area contributed by atoms with Gasteiger partial charge in [0.2, 0.25) is 0 Å². The average molecular weight is 267 g/mol. The number of nitrogens with zero attached hydrogens (tertiary/aromatic N) is 1. The highest BCUT2D eigenvalue weighted by atomic mass is 79.9. The van der Waals surface area contributed by atoms with Crippen LogP contribution in [-0.2, 0) is 0 Å². The number of aromatic nitrogens is 1. The summed E-state index contributed by atoms with van der Waals surface area (Å²) in [5.41, 5.74) is 2.56. The fraction of sp³-hybridized carbons (Fsp3) is 0.333. The third-order valence-electron chi connectivity index (χ3n) is 2.88. The summed E-state index contributed by atoms with van der Waals surface area (Å²) in [6.07, 6.45) is 1.99. The number of nitrogens with one attached hydrogen (secondary N) is 1. The van der Waals surface area contributed by atoms with Crippen molar-refractivity contribution in [3.8, 4) is 0 Å². The van der Waals surface area contributed by atoms with Crippen molar-refractivity contribution in [2.75, 3.05) is 14.1 Å². The molecule has 0 aliphatic carbocycles. The molecule has 80 valence electrons. The minimum atomic E-state index is 0.406. The normalized spacial score (nSPS) is 13.7. The van der Waals surface area contributed by atoms with Crippen molar-refractivity contribution < 1.29 is 0 Å². The van der Waals surface area contributed by atoms with Gasteiger partial charge in [-0.05, 0) is 44.8 Å². The van der Waals surface area contributed by atoms with Crippen LogP contribution in [0.2, 0.25) is 0 Å². The highest BCUT2D eigenvalue weighted by Crippen LogP contribution is 2.29. The van der Waals surface area contributed by atoms with Crippen LogP contribution < -0.4 is 0 Å². The van der Waals surface area contributed by atoms with Crippen molar-refractivity contribution in [1.82, 2.24) is 9.88 Å². The molecule has 2 aromatic rings. The zero-order chi connectivity index (χ0) is 11.0. The number of halogens is 1. The Morgan fingerprint density at radius 2 is 2.07 bits per heavy atom. The number of H-pyrrole nitrogens is 1. The van der Waals surface area contributed by atoms with Crippen LogP contribution in [-0.4, -0.2) is 24.0 Å². The number of hydrogen-bond acceptors (Lipinski definition) is 1. The predicted octanol–water partition coefficient (Wildman–Crippen LogP) is 3.55. The molecule has 15 heavy (non-hydrogen) atoms. The number of benzene rings is 1. The summed E-state index contributed by atoms with van der Waals surface area (Å²) < 4.78 is 1.14. The zero-order valence-electron chi connectivity index (χ0n) is 9.21. The molecule has 3 heteroatoms. The molecule has 0 amide bonds. The number of hydrogen-bond donors (Lipinski definition) is 1. The lowest BCUT2D eigenvalue weighted by molar-refractivity contribution is 0.322. The van der Waals surface area contributed by atoms with Gasteiger partial charge in [0, 0.05) is 22.1 Å². The molecule has 1 N–H and O–H groups in total. The van der Waals surface area contributed by atoms with Crippen molar-refractivity contribution >= 4 is 26.8 Å². The van der Waals surface area contributed by atoms with Gasteiger partial charge in [0.15, 0.2) is 0 Å². The highest BCUT2D eigenvalue weighted by Gasteiger charge is 2.12. The molecule has 2 nitrogen and oxygen atoms in total. The Morgan fingerprint density at radius 1 is 1.33 bits per heavy atom. The van der Waals surface area contributed by atoms with Crippen LogP contribution in [0, 0.1) is 0 Å². The van der Waals surface area contributed by atoms with Crippen molar-refractivity contribution in [2.45, 2.75) is 13.0 Å². The fourth-order valence-electron chi connectivity index (χ4n) is 1.77. The Labute approximate surface area is 98.4 Å². The Morgan fingerprint density at radius 3 is 2.73 bits per heavy atom. The molecule has 0 saturated heterocycles. The molecular weight excluding hydrogens is 252 g/mol. The van der Waals surface area contributed by atoms with E-state index in [2.05, 4.69) is 65.0 Å². The maximum atomic E-state index is 3.55. The molecule has 0 fully saturated rings. The van der Waals surface area contributed by atoms with Gasteiger partial charge in [0.25, 0.3) is 0 Å². The lowest BCUT2D eigenvalue weighted by Gasteiger charge is -2.21. The van der Waals surface area contributed by atoms with Crippen molar-refractivity contribution in [3.05, 3.63) is 34.4 Å². The molecule has 0 bridgehead atoms. The monoisotopic (exact) mass is 266 g/mol. The summed E-state index contributed by atoms with van der Waals surface area (Å²) in [4.78, 5) is 5.51. The van der Waals surface area contributed by atoms with E-state index in [9.17, 15) is 0 Å². The van der Waals surface area contributed by atoms with E-state index in [4.69, 9.17) is 0 Å². The van der Waals surface area contributed by atoms with Crippen LogP contribution in [0.3, 0.4) is 0 Å². The second-order valence-electron chi connectivity index (χ2n) is 4.08. The van der Waals surface area contributed by atoms with Gasteiger partial charge < -0.3 is 9.88 Å². The number of aromatic amines is 1. The Bertz CT molecular complexity index is 473. The summed E-state index contributed by atoms with van der Waals surface area (Å²) in [6.45, 7) is 2.21. The average Bonchev–Trinajstić information content (AvgIpc) is 2.62. The molecule has 0 aliphatic heterocycles. The second kappa shape index (κ2) is 3.99. The Hall–Kier alpha value is -0.800. The van der Waals surface area contributed by atoms with E-state index in [0.717, 1.165) is 4.47 Å². The molecule has 1 aromatic heterocycles. The van der Waals surface area contributed by atoms with E-state index in [1.165, 1.54) is 16.5 Å². The van der Waals surface area contributed by atoms with Gasteiger partial charge in [0.05, 0.1) is 5.52 Å². The fourth-order valence-corrected chi connectivity index (χ4v) is 2.26. The van der Waals surface area contributed by atoms with Gasteiger partial charge in [-0.15, -0.1) is 0 Å². The van der Waals surface area contributed by atoms with Gasteiger partial charge in [0.1, 0.15) is 0 Å². The Kier molecular flexibility index (Phi) is 2.85. The second-order valence-corrected chi connectivity index (χ2v) is 4.99. The van der Waals surface area contributed by atoms with Crippen LogP contribution in [0.4, 0.5) is 0 Å². The molecule has 2 rings (SSSR count). The van der Waals surface area contributed by atoms with E-state index in [0.29, 0.717) is 6.04 Å². The maximum Gasteiger partial charge on any atom is 0.0503 e. The summed E-state index contributed by atoms with van der Waals surface area (Å²) >= 11 is 3.55. The van der Waals surface area contributed by atoms with Crippen LogP contribution in [0.15, 0.2) is 28.9 Å². The van der Waals surface area contributed by atoms with Crippen LogP contribution in [0.25, 0.3) is 10.9 Å². The van der Waals surface area contributed by atoms with E-state index in [1.54, 1.807) is 0 Å². The molecule has 0 radical (unpaired) electrons. The first-order valence-corrected chi connectivity index (χ1v) is 5.82. The predicted molar refractivity (Wildman–Crippen MR) is 68.1 cm³/mol. The highest BCUT2D eigenvalue weighted by molar-refractivity contribution is 9.10. The molecular formula is C12H15BrN2. The molecule has 1 heterocycles. The third-order valence-corrected chi connectivity index (χ3v) is 3.34. The summed E-state index contributed by atoms with van der Waals surface area (Å²) in [5, 5.41) is 1.26. The lowest BCUT2D eigenvalue weighted by Crippen LogP contribution is -2.17. The minimum Gasteiger partial charge on any atom is -0.361 e. The quantitative estimate of drug-likeness (QED) is 0.881. The number of fused-ring (bicyclic) bond motifs is 1. The van der Waals surface area contributed by atoms with E-state index < -0.39 is 0 Å². The van der Waals surface area contributed by atoms with Gasteiger partial charge in [-0.25, -0.2) is 0 Å². The molecule has 1 aromatic carbocycles. The zero-order valence-corrected chi connectivity index (χ0v) is 10.8. The van der Waals surface area contributed by atoms with E-state index in [-0.39, 0.29) is 0 Å². The van der Waals surface area contributed by atoms with E-state index in [1.807, 2.05) is 6.20 Å². The largest absolute Gasteiger partial charge is 0.361 e. The smallest absolute Gasteiger partial charge is 0.0503 e. The maximum absolute atomic E-state index is 3.55. The van der Waals surface area contributed by atoms with E-state index >= 15 is 0 Å². The first-order chi connectivity index (χ1) is 7.09. The SMILES string of the molecule is CC(c1cc(Br)cc2cc[nH]c12)N(C)C. The molecule has 0 aliphatic rings. The summed E-state index contributed by atoms with van der Waals surface area (Å²) in [7, 11) is 4.20. The first-order valence-electron chi connectivity index (χ1n) is 5.02. The molecule has 1 atom stereocenters. The van der Waals surface area contributed by atoms with Crippen LogP contribution in [0.5, 0.6) is 0 Å². The van der Waals surface area contributed by atoms with Crippen LogP contribution in [0.1, 0.15) is 18.5 Å². The van der Waals surface area contributed by atoms with Crippen molar-refractivity contribution in [3.63, 3.8) is 0 Å². The van der Waals surface area contributed by atoms with Gasteiger partial charge in [-0.3, -0.25) is 0 Å². The molecule has 0 spiro atoms. The van der Waals surface area contributed by atoms with Crippen molar-refractivity contribution in [1.29, 1.82) is 0 Å². The summed E-state index contributed by atoms with van der Waals surface area (Å²) in [6, 6.07) is 6.83. The molecule has 1 unspecified atom stereocenters. The van der Waals surface area contributed by atoms with Gasteiger partial charge >= 0.3 is 0 Å². The topological polar surface area (TPSA) is 19.0 Å². The van der Waals surface area contributed by atoms with Gasteiger partial charge in [-0.2, -0.15) is 0 Å². The minimum absolute atomic E-state index is 0.406. The van der Waals surface area contributed by atoms with Gasteiger partial charge in [-0.1, -0.05) is 15.9 Å². The third kappa shape index (κ3) is 1.94. The Balaban J connectivity index is 2.62. The first kappa shape index (κ1) is 10.7. The molecule has 0 saturated carbocycles. The standard InChI is InChI=1S/C12H15BrN2/c1-8(15(2)3)11-7-10(13)6-9-4-5-14-12(9)11/h4-8,14H,1-3H3. The lowest BCUT2D eigenvalue weighted by atomic mass is 10.0. The van der Waals surface area contributed by atoms with Crippen LogP contribution >= 0.6 is 15.9 Å². The number of rotatable bonds is 2. The van der Waals surface area contributed by atoms with Crippen molar-refractivity contribution in [2.24, 2.45) is 0 Å².